The number of nitrogens with two attached hydrogens (primary N) is 2. The number of carbonyl (C=O) groups is 5. The van der Waals surface area contributed by atoms with Crippen LogP contribution in [0.15, 0.2) is 24.3 Å². The van der Waals surface area contributed by atoms with E-state index in [1.54, 1.807) is 12.1 Å². The maximum Gasteiger partial charge on any atom is 0.322 e. The van der Waals surface area contributed by atoms with E-state index in [9.17, 15) is 29.1 Å². The molecule has 1 rings (SSSR count). The standard InChI is InChI=1S/C21H31N5O7S/c1-34-9-8-16(25-19(31)14(22)10-12-2-4-13(27)5-3-12)21(33)26-15(6-7-17(23)28)20(32)24-11-18(29)30/h2-5,14-16,27H,6-11,22H2,1H3,(H2,23,28)(H,24,32)(H,25,31)(H,26,33)(H,29,30). The van der Waals surface area contributed by atoms with Gasteiger partial charge in [0.1, 0.15) is 24.4 Å². The Morgan fingerprint density at radius 2 is 1.56 bits per heavy atom. The molecule has 9 N–H and O–H groups in total. The van der Waals surface area contributed by atoms with E-state index in [1.807, 2.05) is 6.26 Å². The second kappa shape index (κ2) is 14.8. The van der Waals surface area contributed by atoms with Gasteiger partial charge >= 0.3 is 5.97 Å². The molecule has 12 nitrogen and oxygen atoms in total. The fraction of sp³-hybridized carbons (Fsp3) is 0.476. The van der Waals surface area contributed by atoms with E-state index in [0.717, 1.165) is 0 Å². The first kappa shape index (κ1) is 28.7. The van der Waals surface area contributed by atoms with Crippen LogP contribution in [0.2, 0.25) is 0 Å². The normalized spacial score (nSPS) is 13.2. The fourth-order valence-electron chi connectivity index (χ4n) is 2.88. The number of aliphatic carboxylic acids is 1. The van der Waals surface area contributed by atoms with Gasteiger partial charge in [-0.15, -0.1) is 0 Å². The minimum absolute atomic E-state index is 0.0776. The first-order valence-electron chi connectivity index (χ1n) is 10.4. The van der Waals surface area contributed by atoms with Crippen molar-refractivity contribution in [1.29, 1.82) is 0 Å². The topological polar surface area (TPSA) is 214 Å². The first-order chi connectivity index (χ1) is 16.0. The molecule has 0 spiro atoms. The monoisotopic (exact) mass is 497 g/mol. The van der Waals surface area contributed by atoms with Gasteiger partial charge in [-0.2, -0.15) is 11.8 Å². The second-order valence-corrected chi connectivity index (χ2v) is 8.48. The summed E-state index contributed by atoms with van der Waals surface area (Å²) in [7, 11) is 0. The summed E-state index contributed by atoms with van der Waals surface area (Å²) in [5.41, 5.74) is 11.8. The number of carbonyl (C=O) groups excluding carboxylic acids is 4. The van der Waals surface area contributed by atoms with E-state index in [2.05, 4.69) is 16.0 Å². The Kier molecular flexibility index (Phi) is 12.5. The third kappa shape index (κ3) is 11.0. The van der Waals surface area contributed by atoms with Crippen molar-refractivity contribution in [2.75, 3.05) is 18.6 Å². The smallest absolute Gasteiger partial charge is 0.322 e. The van der Waals surface area contributed by atoms with Crippen molar-refractivity contribution in [3.05, 3.63) is 29.8 Å². The number of aromatic hydroxyl groups is 1. The van der Waals surface area contributed by atoms with Crippen LogP contribution in [0.5, 0.6) is 5.75 Å². The minimum atomic E-state index is -1.28. The predicted octanol–water partition coefficient (Wildman–Crippen LogP) is -1.55. The zero-order chi connectivity index (χ0) is 25.7. The molecule has 1 aromatic carbocycles. The number of primary amides is 1. The summed E-state index contributed by atoms with van der Waals surface area (Å²) in [5.74, 6) is -3.44. The van der Waals surface area contributed by atoms with Crippen LogP contribution in [0.3, 0.4) is 0 Å². The highest BCUT2D eigenvalue weighted by Crippen LogP contribution is 2.11. The molecule has 0 bridgehead atoms. The molecule has 34 heavy (non-hydrogen) atoms. The number of amides is 4. The van der Waals surface area contributed by atoms with Gasteiger partial charge in [0.05, 0.1) is 6.04 Å². The van der Waals surface area contributed by atoms with E-state index in [0.29, 0.717) is 11.3 Å². The summed E-state index contributed by atoms with van der Waals surface area (Å²) in [4.78, 5) is 59.7. The van der Waals surface area contributed by atoms with Crippen LogP contribution >= 0.6 is 11.8 Å². The van der Waals surface area contributed by atoms with Gasteiger partial charge in [0, 0.05) is 6.42 Å². The lowest BCUT2D eigenvalue weighted by atomic mass is 10.0. The maximum atomic E-state index is 12.9. The van der Waals surface area contributed by atoms with Gasteiger partial charge < -0.3 is 37.6 Å². The maximum absolute atomic E-state index is 12.9. The number of nitrogens with one attached hydrogen (secondary N) is 3. The number of rotatable bonds is 15. The van der Waals surface area contributed by atoms with Gasteiger partial charge in [0.15, 0.2) is 0 Å². The third-order valence-corrected chi connectivity index (χ3v) is 5.34. The SMILES string of the molecule is CSCCC(NC(=O)C(N)Cc1ccc(O)cc1)C(=O)NC(CCC(N)=O)C(=O)NCC(=O)O. The molecule has 3 unspecified atom stereocenters. The third-order valence-electron chi connectivity index (χ3n) is 4.70. The number of phenols is 1. The Morgan fingerprint density at radius 1 is 0.971 bits per heavy atom. The van der Waals surface area contributed by atoms with Gasteiger partial charge in [-0.25, -0.2) is 0 Å². The lowest BCUT2D eigenvalue weighted by molar-refractivity contribution is -0.138. The molecule has 0 heterocycles. The van der Waals surface area contributed by atoms with Crippen molar-refractivity contribution >= 4 is 41.4 Å². The van der Waals surface area contributed by atoms with E-state index >= 15 is 0 Å². The minimum Gasteiger partial charge on any atom is -0.508 e. The molecule has 0 aliphatic heterocycles. The number of carboxylic acid groups (broad SMARTS) is 1. The van der Waals surface area contributed by atoms with Crippen molar-refractivity contribution in [3.8, 4) is 5.75 Å². The Hall–Kier alpha value is -3.32. The molecular weight excluding hydrogens is 466 g/mol. The first-order valence-corrected chi connectivity index (χ1v) is 11.8. The largest absolute Gasteiger partial charge is 0.508 e. The van der Waals surface area contributed by atoms with Gasteiger partial charge in [-0.1, -0.05) is 12.1 Å². The van der Waals surface area contributed by atoms with Crippen molar-refractivity contribution in [1.82, 2.24) is 16.0 Å². The highest BCUT2D eigenvalue weighted by atomic mass is 32.2. The zero-order valence-electron chi connectivity index (χ0n) is 18.8. The van der Waals surface area contributed by atoms with Gasteiger partial charge in [-0.05, 0) is 49.0 Å². The van der Waals surface area contributed by atoms with Gasteiger partial charge in [-0.3, -0.25) is 24.0 Å². The quantitative estimate of drug-likeness (QED) is 0.149. The average molecular weight is 498 g/mol. The average Bonchev–Trinajstić information content (AvgIpc) is 2.78. The van der Waals surface area contributed by atoms with Crippen LogP contribution in [-0.4, -0.2) is 76.5 Å². The van der Waals surface area contributed by atoms with E-state index in [1.165, 1.54) is 23.9 Å². The molecule has 1 aromatic rings. The number of benzene rings is 1. The summed E-state index contributed by atoms with van der Waals surface area (Å²) in [5, 5.41) is 25.3. The highest BCUT2D eigenvalue weighted by molar-refractivity contribution is 7.98. The molecule has 0 radical (unpaired) electrons. The van der Waals surface area contributed by atoms with Crippen molar-refractivity contribution in [2.24, 2.45) is 11.5 Å². The molecule has 4 amide bonds. The second-order valence-electron chi connectivity index (χ2n) is 7.50. The van der Waals surface area contributed by atoms with Crippen molar-refractivity contribution < 1.29 is 34.2 Å². The van der Waals surface area contributed by atoms with Gasteiger partial charge in [0.25, 0.3) is 0 Å². The number of phenolic OH excluding ortho intramolecular Hbond substituents is 1. The van der Waals surface area contributed by atoms with Crippen LogP contribution in [0, 0.1) is 0 Å². The molecule has 13 heteroatoms. The number of thioether (sulfide) groups is 1. The van der Waals surface area contributed by atoms with E-state index in [4.69, 9.17) is 16.6 Å². The van der Waals surface area contributed by atoms with Crippen LogP contribution in [0.4, 0.5) is 0 Å². The van der Waals surface area contributed by atoms with E-state index in [-0.39, 0.29) is 31.4 Å². The summed E-state index contributed by atoms with van der Waals surface area (Å²) in [6.45, 7) is -0.666. The molecular formula is C21H31N5O7S. The molecule has 0 aliphatic carbocycles. The van der Waals surface area contributed by atoms with Crippen LogP contribution in [0.25, 0.3) is 0 Å². The van der Waals surface area contributed by atoms with Crippen molar-refractivity contribution in [2.45, 2.75) is 43.8 Å². The lowest BCUT2D eigenvalue weighted by Crippen LogP contribution is -2.56. The number of hydrogen-bond donors (Lipinski definition) is 7. The molecule has 0 aliphatic rings. The summed E-state index contributed by atoms with van der Waals surface area (Å²) < 4.78 is 0. The van der Waals surface area contributed by atoms with Crippen LogP contribution in [-0.2, 0) is 30.4 Å². The summed E-state index contributed by atoms with van der Waals surface area (Å²) >= 11 is 1.45. The molecule has 188 valence electrons. The molecule has 0 saturated carbocycles. The number of hydrogen-bond acceptors (Lipinski definition) is 8. The van der Waals surface area contributed by atoms with Crippen LogP contribution < -0.4 is 27.4 Å². The highest BCUT2D eigenvalue weighted by Gasteiger charge is 2.28. The molecule has 0 fully saturated rings. The molecule has 0 aromatic heterocycles. The Labute approximate surface area is 201 Å². The van der Waals surface area contributed by atoms with E-state index < -0.39 is 54.3 Å². The molecule has 3 atom stereocenters. The van der Waals surface area contributed by atoms with Crippen LogP contribution in [0.1, 0.15) is 24.8 Å². The Morgan fingerprint density at radius 3 is 2.12 bits per heavy atom. The summed E-state index contributed by atoms with van der Waals surface area (Å²) in [6, 6.07) is 2.97. The Bertz CT molecular complexity index is 866. The lowest BCUT2D eigenvalue weighted by Gasteiger charge is -2.24. The summed E-state index contributed by atoms with van der Waals surface area (Å²) in [6.07, 6.45) is 1.87. The number of carboxylic acids is 1. The fourth-order valence-corrected chi connectivity index (χ4v) is 3.35. The predicted molar refractivity (Wildman–Crippen MR) is 126 cm³/mol. The molecule has 0 saturated heterocycles. The van der Waals surface area contributed by atoms with Crippen molar-refractivity contribution in [3.63, 3.8) is 0 Å². The van der Waals surface area contributed by atoms with Gasteiger partial charge in [0.2, 0.25) is 23.6 Å². The zero-order valence-corrected chi connectivity index (χ0v) is 19.6. The Balaban J connectivity index is 2.86.